The molecule has 0 aliphatic heterocycles. The van der Waals surface area contributed by atoms with Crippen LogP contribution in [-0.4, -0.2) is 25.1 Å². The lowest BCUT2D eigenvalue weighted by Gasteiger charge is -2.09. The van der Waals surface area contributed by atoms with E-state index in [0.29, 0.717) is 35.8 Å². The molecule has 0 aliphatic carbocycles. The molecular weight excluding hydrogens is 368 g/mol. The van der Waals surface area contributed by atoms with Crippen LogP contribution in [0.5, 0.6) is 5.75 Å². The normalized spacial score (nSPS) is 10.7. The molecule has 0 heterocycles. The van der Waals surface area contributed by atoms with Crippen LogP contribution < -0.4 is 10.1 Å². The number of esters is 1. The number of nitriles is 1. The molecule has 1 amide bonds. The largest absolute Gasteiger partial charge is 0.493 e. The van der Waals surface area contributed by atoms with Crippen molar-refractivity contribution in [2.45, 2.75) is 26.7 Å². The maximum atomic E-state index is 12.5. The van der Waals surface area contributed by atoms with Gasteiger partial charge in [0, 0.05) is 11.3 Å². The van der Waals surface area contributed by atoms with Crippen molar-refractivity contribution >= 4 is 23.6 Å². The zero-order valence-electron chi connectivity index (χ0n) is 16.6. The number of anilines is 1. The Morgan fingerprint density at radius 2 is 1.72 bits per heavy atom. The third-order valence-corrected chi connectivity index (χ3v) is 3.86. The lowest BCUT2D eigenvalue weighted by molar-refractivity contribution is -0.112. The van der Waals surface area contributed by atoms with Gasteiger partial charge >= 0.3 is 5.97 Å². The SMILES string of the molecule is CCCOC(=O)c1ccc(NC(=O)/C(C#N)=C/c2ccccc2OCCC)cc1. The van der Waals surface area contributed by atoms with Gasteiger partial charge in [0.2, 0.25) is 0 Å². The van der Waals surface area contributed by atoms with Crippen molar-refractivity contribution in [2.24, 2.45) is 0 Å². The van der Waals surface area contributed by atoms with Crippen LogP contribution in [0.3, 0.4) is 0 Å². The lowest BCUT2D eigenvalue weighted by Crippen LogP contribution is -2.14. The fourth-order valence-corrected chi connectivity index (χ4v) is 2.41. The van der Waals surface area contributed by atoms with Crippen LogP contribution >= 0.6 is 0 Å². The molecule has 6 nitrogen and oxygen atoms in total. The Balaban J connectivity index is 2.12. The molecule has 0 fully saturated rings. The molecule has 0 spiro atoms. The maximum absolute atomic E-state index is 12.5. The van der Waals surface area contributed by atoms with Gasteiger partial charge in [-0.15, -0.1) is 0 Å². The first-order valence-electron chi connectivity index (χ1n) is 9.51. The number of hydrogen-bond donors (Lipinski definition) is 1. The van der Waals surface area contributed by atoms with E-state index in [1.165, 1.54) is 6.08 Å². The summed E-state index contributed by atoms with van der Waals surface area (Å²) in [4.78, 5) is 24.3. The molecule has 29 heavy (non-hydrogen) atoms. The minimum absolute atomic E-state index is 0.0519. The van der Waals surface area contributed by atoms with Gasteiger partial charge in [0.1, 0.15) is 17.4 Å². The highest BCUT2D eigenvalue weighted by atomic mass is 16.5. The first-order chi connectivity index (χ1) is 14.1. The van der Waals surface area contributed by atoms with Crippen molar-refractivity contribution in [3.63, 3.8) is 0 Å². The van der Waals surface area contributed by atoms with Gasteiger partial charge in [-0.3, -0.25) is 4.79 Å². The molecule has 2 aromatic rings. The molecule has 2 rings (SSSR count). The number of para-hydroxylation sites is 1. The van der Waals surface area contributed by atoms with Gasteiger partial charge in [-0.2, -0.15) is 5.26 Å². The van der Waals surface area contributed by atoms with E-state index in [4.69, 9.17) is 9.47 Å². The highest BCUT2D eigenvalue weighted by molar-refractivity contribution is 6.10. The molecule has 0 unspecified atom stereocenters. The van der Waals surface area contributed by atoms with E-state index in [2.05, 4.69) is 5.32 Å². The molecule has 0 aliphatic rings. The van der Waals surface area contributed by atoms with E-state index in [1.807, 2.05) is 32.0 Å². The van der Waals surface area contributed by atoms with Crippen molar-refractivity contribution in [1.29, 1.82) is 5.26 Å². The van der Waals surface area contributed by atoms with E-state index in [0.717, 1.165) is 12.8 Å². The van der Waals surface area contributed by atoms with Crippen LogP contribution in [0.4, 0.5) is 5.69 Å². The molecule has 0 bridgehead atoms. The van der Waals surface area contributed by atoms with E-state index >= 15 is 0 Å². The van der Waals surface area contributed by atoms with Crippen molar-refractivity contribution in [2.75, 3.05) is 18.5 Å². The standard InChI is InChI=1S/C23H24N2O4/c1-3-13-28-21-8-6-5-7-18(21)15-19(16-24)22(26)25-20-11-9-17(10-12-20)23(27)29-14-4-2/h5-12,15H,3-4,13-14H2,1-2H3,(H,25,26)/b19-15+. The Morgan fingerprint density at radius 1 is 1.03 bits per heavy atom. The number of nitrogens with zero attached hydrogens (tertiary/aromatic N) is 1. The van der Waals surface area contributed by atoms with Crippen LogP contribution in [0.15, 0.2) is 54.1 Å². The minimum Gasteiger partial charge on any atom is -0.493 e. The minimum atomic E-state index is -0.542. The molecule has 1 N–H and O–H groups in total. The molecule has 150 valence electrons. The first-order valence-corrected chi connectivity index (χ1v) is 9.51. The molecular formula is C23H24N2O4. The Labute approximate surface area is 170 Å². The van der Waals surface area contributed by atoms with E-state index in [1.54, 1.807) is 36.4 Å². The molecule has 0 aromatic heterocycles. The summed E-state index contributed by atoms with van der Waals surface area (Å²) in [5.41, 5.74) is 1.47. The van der Waals surface area contributed by atoms with Crippen molar-refractivity contribution in [3.05, 3.63) is 65.2 Å². The average Bonchev–Trinajstić information content (AvgIpc) is 2.75. The van der Waals surface area contributed by atoms with Crippen LogP contribution in [0.1, 0.15) is 42.6 Å². The topological polar surface area (TPSA) is 88.4 Å². The quantitative estimate of drug-likeness (QED) is 0.383. The summed E-state index contributed by atoms with van der Waals surface area (Å²) in [5.74, 6) is -0.338. The summed E-state index contributed by atoms with van der Waals surface area (Å²) < 4.78 is 10.7. The predicted octanol–water partition coefficient (Wildman–Crippen LogP) is 4.59. The van der Waals surface area contributed by atoms with Crippen LogP contribution in [0.25, 0.3) is 6.08 Å². The van der Waals surface area contributed by atoms with Gasteiger partial charge < -0.3 is 14.8 Å². The smallest absolute Gasteiger partial charge is 0.338 e. The van der Waals surface area contributed by atoms with Gasteiger partial charge in [-0.1, -0.05) is 32.0 Å². The summed E-state index contributed by atoms with van der Waals surface area (Å²) in [6.07, 6.45) is 3.10. The molecule has 0 saturated heterocycles. The molecule has 0 saturated carbocycles. The Morgan fingerprint density at radius 3 is 2.38 bits per heavy atom. The van der Waals surface area contributed by atoms with E-state index in [9.17, 15) is 14.9 Å². The Bertz CT molecular complexity index is 911. The van der Waals surface area contributed by atoms with Gasteiger partial charge in [-0.05, 0) is 49.2 Å². The molecule has 0 atom stereocenters. The summed E-state index contributed by atoms with van der Waals surface area (Å²) in [5, 5.41) is 12.1. The van der Waals surface area contributed by atoms with Crippen molar-refractivity contribution in [3.8, 4) is 11.8 Å². The summed E-state index contributed by atoms with van der Waals surface area (Å²) in [7, 11) is 0. The monoisotopic (exact) mass is 392 g/mol. The van der Waals surface area contributed by atoms with Gasteiger partial charge in [0.15, 0.2) is 0 Å². The Kier molecular flexibility index (Phi) is 8.46. The highest BCUT2D eigenvalue weighted by Gasteiger charge is 2.12. The zero-order valence-corrected chi connectivity index (χ0v) is 16.6. The number of carbonyl (C=O) groups excluding carboxylic acids is 2. The third-order valence-electron chi connectivity index (χ3n) is 3.86. The van der Waals surface area contributed by atoms with Crippen LogP contribution in [0.2, 0.25) is 0 Å². The van der Waals surface area contributed by atoms with E-state index in [-0.39, 0.29) is 5.57 Å². The van der Waals surface area contributed by atoms with Crippen LogP contribution in [0, 0.1) is 11.3 Å². The summed E-state index contributed by atoms with van der Waals surface area (Å²) in [6, 6.07) is 15.5. The number of benzene rings is 2. The number of rotatable bonds is 9. The second-order valence-electron chi connectivity index (χ2n) is 6.22. The number of amides is 1. The maximum Gasteiger partial charge on any atom is 0.338 e. The fourth-order valence-electron chi connectivity index (χ4n) is 2.41. The third kappa shape index (κ3) is 6.51. The van der Waals surface area contributed by atoms with E-state index < -0.39 is 11.9 Å². The second kappa shape index (κ2) is 11.3. The lowest BCUT2D eigenvalue weighted by atomic mass is 10.1. The average molecular weight is 392 g/mol. The van der Waals surface area contributed by atoms with Crippen molar-refractivity contribution in [1.82, 2.24) is 0 Å². The molecule has 2 aromatic carbocycles. The van der Waals surface area contributed by atoms with Gasteiger partial charge in [0.25, 0.3) is 5.91 Å². The molecule has 0 radical (unpaired) electrons. The molecule has 6 heteroatoms. The van der Waals surface area contributed by atoms with Crippen LogP contribution in [-0.2, 0) is 9.53 Å². The summed E-state index contributed by atoms with van der Waals surface area (Å²) in [6.45, 7) is 4.82. The van der Waals surface area contributed by atoms with Gasteiger partial charge in [0.05, 0.1) is 18.8 Å². The predicted molar refractivity (Wildman–Crippen MR) is 111 cm³/mol. The number of carbonyl (C=O) groups is 2. The fraction of sp³-hybridized carbons (Fsp3) is 0.261. The number of ether oxygens (including phenoxy) is 2. The number of hydrogen-bond acceptors (Lipinski definition) is 5. The van der Waals surface area contributed by atoms with Gasteiger partial charge in [-0.25, -0.2) is 4.79 Å². The number of nitrogens with one attached hydrogen (secondary N) is 1. The van der Waals surface area contributed by atoms with Crippen molar-refractivity contribution < 1.29 is 19.1 Å². The second-order valence-corrected chi connectivity index (χ2v) is 6.22. The summed E-state index contributed by atoms with van der Waals surface area (Å²) >= 11 is 0. The highest BCUT2D eigenvalue weighted by Crippen LogP contribution is 2.22. The first kappa shape index (κ1) is 21.7. The Hall–Kier alpha value is -3.59. The zero-order chi connectivity index (χ0) is 21.1.